The molecule has 0 atom stereocenters. The lowest BCUT2D eigenvalue weighted by Crippen LogP contribution is -1.85. The third-order valence-electron chi connectivity index (χ3n) is 3.64. The molecule has 3 rings (SSSR count). The van der Waals surface area contributed by atoms with Crippen LogP contribution in [0.2, 0.25) is 0 Å². The van der Waals surface area contributed by atoms with Gasteiger partial charge in [-0.3, -0.25) is 0 Å². The van der Waals surface area contributed by atoms with Crippen molar-refractivity contribution in [3.8, 4) is 5.75 Å². The monoisotopic (exact) mass is 382 g/mol. The van der Waals surface area contributed by atoms with Crippen LogP contribution in [-0.4, -0.2) is 5.11 Å². The van der Waals surface area contributed by atoms with Gasteiger partial charge in [-0.1, -0.05) is 19.9 Å². The predicted octanol–water partition coefficient (Wildman–Crippen LogP) is 5.49. The Labute approximate surface area is 130 Å². The highest BCUT2D eigenvalue weighted by molar-refractivity contribution is 14.1. The molecule has 0 spiro atoms. The van der Waals surface area contributed by atoms with Crippen LogP contribution < -0.4 is 0 Å². The largest absolute Gasteiger partial charge is 0.508 e. The van der Waals surface area contributed by atoms with Gasteiger partial charge >= 0.3 is 0 Å². The number of fused-ring (bicyclic) bond motifs is 3. The van der Waals surface area contributed by atoms with E-state index in [0.717, 1.165) is 18.4 Å². The Balaban J connectivity index is 2.51. The summed E-state index contributed by atoms with van der Waals surface area (Å²) in [5.41, 5.74) is 2.51. The second-order valence-electron chi connectivity index (χ2n) is 4.65. The molecule has 0 aliphatic heterocycles. The first-order chi connectivity index (χ1) is 9.17. The first-order valence-corrected chi connectivity index (χ1v) is 8.41. The summed E-state index contributed by atoms with van der Waals surface area (Å²) in [6, 6.07) is 8.30. The minimum atomic E-state index is 0.425. The zero-order valence-corrected chi connectivity index (χ0v) is 13.9. The molecular formula is C16H15IOS. The average Bonchev–Trinajstić information content (AvgIpc) is 2.77. The van der Waals surface area contributed by atoms with Crippen LogP contribution >= 0.6 is 33.9 Å². The van der Waals surface area contributed by atoms with Crippen LogP contribution in [0.25, 0.3) is 20.2 Å². The van der Waals surface area contributed by atoms with E-state index >= 15 is 0 Å². The Bertz CT molecular complexity index is 709. The van der Waals surface area contributed by atoms with Crippen molar-refractivity contribution >= 4 is 54.1 Å². The molecule has 0 bridgehead atoms. The van der Waals surface area contributed by atoms with E-state index < -0.39 is 0 Å². The highest BCUT2D eigenvalue weighted by Crippen LogP contribution is 2.41. The minimum Gasteiger partial charge on any atom is -0.508 e. The molecule has 0 amide bonds. The van der Waals surface area contributed by atoms with E-state index in [4.69, 9.17) is 0 Å². The van der Waals surface area contributed by atoms with E-state index in [1.54, 1.807) is 0 Å². The third kappa shape index (κ3) is 1.94. The molecule has 0 fully saturated rings. The van der Waals surface area contributed by atoms with Gasteiger partial charge in [-0.25, -0.2) is 0 Å². The van der Waals surface area contributed by atoms with Crippen molar-refractivity contribution in [1.82, 2.24) is 0 Å². The van der Waals surface area contributed by atoms with Gasteiger partial charge in [0.05, 0.1) is 0 Å². The standard InChI is InChI=1S/C16H15IOS/c1-3-9-13(17)7-5-11-12-6-8-14(18)10(4-2)16(12)19-15(9)11/h5-8,18H,3-4H2,1-2H3. The molecular weight excluding hydrogens is 367 g/mol. The lowest BCUT2D eigenvalue weighted by atomic mass is 10.0. The number of benzene rings is 2. The Kier molecular flexibility index (Phi) is 3.43. The molecule has 3 aromatic rings. The predicted molar refractivity (Wildman–Crippen MR) is 92.5 cm³/mol. The second-order valence-corrected chi connectivity index (χ2v) is 6.83. The van der Waals surface area contributed by atoms with Crippen molar-refractivity contribution in [3.63, 3.8) is 0 Å². The molecule has 0 aliphatic carbocycles. The van der Waals surface area contributed by atoms with Crippen molar-refractivity contribution in [2.24, 2.45) is 0 Å². The van der Waals surface area contributed by atoms with E-state index in [2.05, 4.69) is 54.6 Å². The number of thiophene rings is 1. The second kappa shape index (κ2) is 4.94. The Morgan fingerprint density at radius 3 is 2.16 bits per heavy atom. The third-order valence-corrected chi connectivity index (χ3v) is 5.99. The summed E-state index contributed by atoms with van der Waals surface area (Å²) in [6.07, 6.45) is 1.92. The number of aryl methyl sites for hydroxylation is 2. The van der Waals surface area contributed by atoms with E-state index in [1.807, 2.05) is 17.4 Å². The zero-order valence-electron chi connectivity index (χ0n) is 11.0. The number of phenolic OH excluding ortho intramolecular Hbond substituents is 1. The number of hydrogen-bond donors (Lipinski definition) is 1. The fourth-order valence-corrected chi connectivity index (χ4v) is 5.20. The molecule has 1 aromatic heterocycles. The molecule has 0 saturated carbocycles. The van der Waals surface area contributed by atoms with Gasteiger partial charge in [0.2, 0.25) is 0 Å². The van der Waals surface area contributed by atoms with Crippen LogP contribution in [0.1, 0.15) is 25.0 Å². The summed E-state index contributed by atoms with van der Waals surface area (Å²) in [5.74, 6) is 0.425. The number of phenols is 1. The van der Waals surface area contributed by atoms with Gasteiger partial charge in [0, 0.05) is 29.3 Å². The zero-order chi connectivity index (χ0) is 13.6. The van der Waals surface area contributed by atoms with Gasteiger partial charge in [0.25, 0.3) is 0 Å². The van der Waals surface area contributed by atoms with Gasteiger partial charge < -0.3 is 5.11 Å². The van der Waals surface area contributed by atoms with Gasteiger partial charge in [-0.2, -0.15) is 0 Å². The fourth-order valence-electron chi connectivity index (χ4n) is 2.65. The van der Waals surface area contributed by atoms with E-state index in [0.29, 0.717) is 5.75 Å². The maximum Gasteiger partial charge on any atom is 0.120 e. The first-order valence-electron chi connectivity index (χ1n) is 6.51. The van der Waals surface area contributed by atoms with Gasteiger partial charge in [0.1, 0.15) is 5.75 Å². The quantitative estimate of drug-likeness (QED) is 0.581. The lowest BCUT2D eigenvalue weighted by molar-refractivity contribution is 0.470. The maximum absolute atomic E-state index is 10.0. The normalized spacial score (nSPS) is 11.5. The maximum atomic E-state index is 10.0. The van der Waals surface area contributed by atoms with Gasteiger partial charge in [0.15, 0.2) is 0 Å². The van der Waals surface area contributed by atoms with Crippen LogP contribution in [-0.2, 0) is 12.8 Å². The van der Waals surface area contributed by atoms with Crippen molar-refractivity contribution in [2.75, 3.05) is 0 Å². The molecule has 2 aromatic carbocycles. The summed E-state index contributed by atoms with van der Waals surface area (Å²) < 4.78 is 3.96. The minimum absolute atomic E-state index is 0.425. The molecule has 0 aliphatic rings. The SMILES string of the molecule is CCc1c(O)ccc2c1sc1c(CC)c(I)ccc12. The van der Waals surface area contributed by atoms with Crippen LogP contribution in [0, 0.1) is 3.57 Å². The molecule has 0 unspecified atom stereocenters. The molecule has 19 heavy (non-hydrogen) atoms. The van der Waals surface area contributed by atoms with Crippen molar-refractivity contribution < 1.29 is 5.11 Å². The number of hydrogen-bond acceptors (Lipinski definition) is 2. The van der Waals surface area contributed by atoms with E-state index in [9.17, 15) is 5.11 Å². The summed E-state index contributed by atoms with van der Waals surface area (Å²) in [7, 11) is 0. The Morgan fingerprint density at radius 1 is 0.947 bits per heavy atom. The van der Waals surface area contributed by atoms with Gasteiger partial charge in [-0.05, 0) is 59.2 Å². The van der Waals surface area contributed by atoms with E-state index in [1.165, 1.54) is 29.3 Å². The number of aromatic hydroxyl groups is 1. The van der Waals surface area contributed by atoms with Crippen LogP contribution in [0.15, 0.2) is 24.3 Å². The summed E-state index contributed by atoms with van der Waals surface area (Å²) in [4.78, 5) is 0. The molecule has 1 heterocycles. The van der Waals surface area contributed by atoms with Crippen LogP contribution in [0.3, 0.4) is 0 Å². The molecule has 98 valence electrons. The highest BCUT2D eigenvalue weighted by Gasteiger charge is 2.14. The first kappa shape index (κ1) is 13.2. The fraction of sp³-hybridized carbons (Fsp3) is 0.250. The van der Waals surface area contributed by atoms with Crippen molar-refractivity contribution in [1.29, 1.82) is 0 Å². The highest BCUT2D eigenvalue weighted by atomic mass is 127. The molecule has 1 N–H and O–H groups in total. The van der Waals surface area contributed by atoms with Crippen LogP contribution in [0.5, 0.6) is 5.75 Å². The Morgan fingerprint density at radius 2 is 1.53 bits per heavy atom. The number of halogens is 1. The van der Waals surface area contributed by atoms with Crippen molar-refractivity contribution in [3.05, 3.63) is 39.0 Å². The number of rotatable bonds is 2. The van der Waals surface area contributed by atoms with Gasteiger partial charge in [-0.15, -0.1) is 11.3 Å². The van der Waals surface area contributed by atoms with Crippen molar-refractivity contribution in [2.45, 2.75) is 26.7 Å². The Hall–Kier alpha value is -0.810. The molecule has 0 saturated heterocycles. The molecule has 1 nitrogen and oxygen atoms in total. The smallest absolute Gasteiger partial charge is 0.120 e. The lowest BCUT2D eigenvalue weighted by Gasteiger charge is -2.03. The molecule has 0 radical (unpaired) electrons. The topological polar surface area (TPSA) is 20.2 Å². The van der Waals surface area contributed by atoms with Crippen LogP contribution in [0.4, 0.5) is 0 Å². The average molecular weight is 382 g/mol. The summed E-state index contributed by atoms with van der Waals surface area (Å²) in [6.45, 7) is 4.31. The van der Waals surface area contributed by atoms with E-state index in [-0.39, 0.29) is 0 Å². The molecule has 3 heteroatoms. The summed E-state index contributed by atoms with van der Waals surface area (Å²) in [5, 5.41) is 12.6. The summed E-state index contributed by atoms with van der Waals surface area (Å²) >= 11 is 4.24.